The highest BCUT2D eigenvalue weighted by atomic mass is 19.1. The molecule has 0 atom stereocenters. The van der Waals surface area contributed by atoms with E-state index in [0.717, 1.165) is 49.7 Å². The number of hydrogen-bond acceptors (Lipinski definition) is 3. The van der Waals surface area contributed by atoms with E-state index in [0.29, 0.717) is 0 Å². The molecule has 2 aromatic rings. The number of fused-ring (bicyclic) bond motifs is 1. The first-order valence-corrected chi connectivity index (χ1v) is 7.26. The summed E-state index contributed by atoms with van der Waals surface area (Å²) in [6, 6.07) is 12.9. The fourth-order valence-corrected chi connectivity index (χ4v) is 2.41. The van der Waals surface area contributed by atoms with Crippen molar-refractivity contribution < 1.29 is 9.13 Å². The predicted molar refractivity (Wildman–Crippen MR) is 82.2 cm³/mol. The predicted octanol–water partition coefficient (Wildman–Crippen LogP) is 2.96. The fraction of sp³-hybridized carbons (Fsp3) is 0.294. The number of benzene rings is 2. The molecule has 0 fully saturated rings. The summed E-state index contributed by atoms with van der Waals surface area (Å²) in [6.07, 6.45) is 0.955. The Bertz CT molecular complexity index is 598. The van der Waals surface area contributed by atoms with Crippen LogP contribution in [-0.4, -0.2) is 19.7 Å². The smallest absolute Gasteiger partial charge is 0.142 e. The summed E-state index contributed by atoms with van der Waals surface area (Å²) in [5, 5.41) is 6.72. The van der Waals surface area contributed by atoms with Crippen LogP contribution in [0.25, 0.3) is 0 Å². The minimum atomic E-state index is -0.192. The number of hydrogen-bond donors (Lipinski definition) is 2. The molecule has 3 nitrogen and oxygen atoms in total. The van der Waals surface area contributed by atoms with Gasteiger partial charge in [0, 0.05) is 13.1 Å². The van der Waals surface area contributed by atoms with E-state index in [1.807, 2.05) is 18.2 Å². The van der Waals surface area contributed by atoms with Crippen LogP contribution in [0.15, 0.2) is 42.5 Å². The number of anilines is 1. The highest BCUT2D eigenvalue weighted by Crippen LogP contribution is 2.28. The lowest BCUT2D eigenvalue weighted by Crippen LogP contribution is -2.19. The summed E-state index contributed by atoms with van der Waals surface area (Å²) >= 11 is 0. The van der Waals surface area contributed by atoms with Crippen molar-refractivity contribution in [3.05, 3.63) is 59.4 Å². The van der Waals surface area contributed by atoms with Crippen LogP contribution in [0.5, 0.6) is 5.75 Å². The highest BCUT2D eigenvalue weighted by molar-refractivity contribution is 5.59. The SMILES string of the molecule is Fc1ccc(CNCCc2ccc3c(c2)NCCO3)cc1. The first-order chi connectivity index (χ1) is 10.3. The molecule has 1 aliphatic heterocycles. The van der Waals surface area contributed by atoms with E-state index in [9.17, 15) is 4.39 Å². The zero-order chi connectivity index (χ0) is 14.5. The molecule has 2 N–H and O–H groups in total. The molecule has 4 heteroatoms. The third kappa shape index (κ3) is 3.73. The van der Waals surface area contributed by atoms with Crippen LogP contribution in [0.2, 0.25) is 0 Å². The maximum absolute atomic E-state index is 12.8. The van der Waals surface area contributed by atoms with E-state index in [1.165, 1.54) is 17.7 Å². The van der Waals surface area contributed by atoms with Crippen molar-refractivity contribution in [2.45, 2.75) is 13.0 Å². The Balaban J connectivity index is 1.48. The van der Waals surface area contributed by atoms with Crippen LogP contribution in [0.3, 0.4) is 0 Å². The fourth-order valence-electron chi connectivity index (χ4n) is 2.41. The van der Waals surface area contributed by atoms with E-state index in [2.05, 4.69) is 22.8 Å². The Morgan fingerprint density at radius 3 is 2.76 bits per heavy atom. The van der Waals surface area contributed by atoms with Gasteiger partial charge >= 0.3 is 0 Å². The second-order valence-corrected chi connectivity index (χ2v) is 5.16. The quantitative estimate of drug-likeness (QED) is 0.829. The van der Waals surface area contributed by atoms with Gasteiger partial charge in [0.1, 0.15) is 18.2 Å². The molecule has 0 spiro atoms. The summed E-state index contributed by atoms with van der Waals surface area (Å²) in [5.74, 6) is 0.742. The molecule has 0 amide bonds. The van der Waals surface area contributed by atoms with Gasteiger partial charge in [-0.25, -0.2) is 4.39 Å². The number of nitrogens with one attached hydrogen (secondary N) is 2. The highest BCUT2D eigenvalue weighted by Gasteiger charge is 2.09. The first-order valence-electron chi connectivity index (χ1n) is 7.26. The van der Waals surface area contributed by atoms with Gasteiger partial charge in [0.15, 0.2) is 0 Å². The molecule has 0 aliphatic carbocycles. The van der Waals surface area contributed by atoms with Gasteiger partial charge in [0.25, 0.3) is 0 Å². The van der Waals surface area contributed by atoms with E-state index in [4.69, 9.17) is 4.74 Å². The lowest BCUT2D eigenvalue weighted by atomic mass is 10.1. The van der Waals surface area contributed by atoms with Gasteiger partial charge in [-0.15, -0.1) is 0 Å². The van der Waals surface area contributed by atoms with Gasteiger partial charge in [-0.05, 0) is 48.4 Å². The molecule has 0 unspecified atom stereocenters. The monoisotopic (exact) mass is 286 g/mol. The average Bonchev–Trinajstić information content (AvgIpc) is 2.53. The Hall–Kier alpha value is -2.07. The van der Waals surface area contributed by atoms with E-state index in [-0.39, 0.29) is 5.82 Å². The van der Waals surface area contributed by atoms with Crippen molar-refractivity contribution in [2.75, 3.05) is 25.0 Å². The Morgan fingerprint density at radius 1 is 1.10 bits per heavy atom. The molecule has 110 valence electrons. The minimum absolute atomic E-state index is 0.192. The number of halogens is 1. The van der Waals surface area contributed by atoms with Gasteiger partial charge < -0.3 is 15.4 Å². The topological polar surface area (TPSA) is 33.3 Å². The third-order valence-electron chi connectivity index (χ3n) is 3.55. The third-order valence-corrected chi connectivity index (χ3v) is 3.55. The zero-order valence-electron chi connectivity index (χ0n) is 11.9. The van der Waals surface area contributed by atoms with Crippen LogP contribution < -0.4 is 15.4 Å². The van der Waals surface area contributed by atoms with Gasteiger partial charge in [-0.3, -0.25) is 0 Å². The maximum atomic E-state index is 12.8. The minimum Gasteiger partial charge on any atom is -0.490 e. The lowest BCUT2D eigenvalue weighted by molar-refractivity contribution is 0.323. The Labute approximate surface area is 124 Å². The lowest BCUT2D eigenvalue weighted by Gasteiger charge is -2.19. The molecule has 0 saturated carbocycles. The van der Waals surface area contributed by atoms with Crippen molar-refractivity contribution >= 4 is 5.69 Å². The molecule has 3 rings (SSSR count). The summed E-state index contributed by atoms with van der Waals surface area (Å²) in [5.41, 5.74) is 3.45. The summed E-state index contributed by atoms with van der Waals surface area (Å²) in [7, 11) is 0. The molecule has 2 aromatic carbocycles. The van der Waals surface area contributed by atoms with E-state index in [1.54, 1.807) is 0 Å². The van der Waals surface area contributed by atoms with Crippen molar-refractivity contribution in [1.29, 1.82) is 0 Å². The van der Waals surface area contributed by atoms with E-state index >= 15 is 0 Å². The number of rotatable bonds is 5. The largest absolute Gasteiger partial charge is 0.490 e. The first kappa shape index (κ1) is 13.9. The number of ether oxygens (including phenoxy) is 1. The Morgan fingerprint density at radius 2 is 1.90 bits per heavy atom. The van der Waals surface area contributed by atoms with Crippen LogP contribution in [0.1, 0.15) is 11.1 Å². The summed E-state index contributed by atoms with van der Waals surface area (Å²) < 4.78 is 18.4. The molecule has 0 radical (unpaired) electrons. The Kier molecular flexibility index (Phi) is 4.36. The molecule has 21 heavy (non-hydrogen) atoms. The van der Waals surface area contributed by atoms with Crippen molar-refractivity contribution in [3.63, 3.8) is 0 Å². The second-order valence-electron chi connectivity index (χ2n) is 5.16. The van der Waals surface area contributed by atoms with Gasteiger partial charge in [0.2, 0.25) is 0 Å². The maximum Gasteiger partial charge on any atom is 0.142 e. The molecule has 0 bridgehead atoms. The second kappa shape index (κ2) is 6.59. The van der Waals surface area contributed by atoms with E-state index < -0.39 is 0 Å². The van der Waals surface area contributed by atoms with Gasteiger partial charge in [0.05, 0.1) is 5.69 Å². The molecule has 1 heterocycles. The summed E-state index contributed by atoms with van der Waals surface area (Å²) in [6.45, 7) is 3.23. The van der Waals surface area contributed by atoms with Gasteiger partial charge in [-0.1, -0.05) is 18.2 Å². The normalized spacial score (nSPS) is 13.2. The standard InChI is InChI=1S/C17H19FN2O/c18-15-4-1-14(2-5-15)12-19-8-7-13-3-6-17-16(11-13)20-9-10-21-17/h1-6,11,19-20H,7-10,12H2. The molecule has 0 saturated heterocycles. The molecular formula is C17H19FN2O. The van der Waals surface area contributed by atoms with Crippen molar-refractivity contribution in [1.82, 2.24) is 5.32 Å². The van der Waals surface area contributed by atoms with Crippen molar-refractivity contribution in [2.24, 2.45) is 0 Å². The van der Waals surface area contributed by atoms with Gasteiger partial charge in [-0.2, -0.15) is 0 Å². The van der Waals surface area contributed by atoms with Crippen LogP contribution in [-0.2, 0) is 13.0 Å². The molecule has 0 aromatic heterocycles. The molecular weight excluding hydrogens is 267 g/mol. The van der Waals surface area contributed by atoms with Crippen LogP contribution in [0, 0.1) is 5.82 Å². The summed E-state index contributed by atoms with van der Waals surface area (Å²) in [4.78, 5) is 0. The van der Waals surface area contributed by atoms with Crippen LogP contribution >= 0.6 is 0 Å². The van der Waals surface area contributed by atoms with Crippen LogP contribution in [0.4, 0.5) is 10.1 Å². The molecule has 1 aliphatic rings. The average molecular weight is 286 g/mol. The van der Waals surface area contributed by atoms with Crippen molar-refractivity contribution in [3.8, 4) is 5.75 Å². The zero-order valence-corrected chi connectivity index (χ0v) is 11.9.